The van der Waals surface area contributed by atoms with Crippen LogP contribution in [0.2, 0.25) is 0 Å². The smallest absolute Gasteiger partial charge is 0.132 e. The normalized spacial score (nSPS) is 30.2. The molecule has 0 aliphatic carbocycles. The highest BCUT2D eigenvalue weighted by Gasteiger charge is 2.44. The molecule has 4 N–H and O–H groups in total. The first-order chi connectivity index (χ1) is 9.67. The summed E-state index contributed by atoms with van der Waals surface area (Å²) in [5, 5.41) is 35.9. The quantitative estimate of drug-likeness (QED) is 0.572. The van der Waals surface area contributed by atoms with Crippen LogP contribution in [-0.2, 0) is 11.2 Å². The third-order valence-corrected chi connectivity index (χ3v) is 3.60. The molecule has 20 heavy (non-hydrogen) atoms. The Hall–Kier alpha value is -1.61. The van der Waals surface area contributed by atoms with Gasteiger partial charge in [-0.25, -0.2) is 9.97 Å². The van der Waals surface area contributed by atoms with Crippen molar-refractivity contribution in [1.29, 1.82) is 0 Å². The van der Waals surface area contributed by atoms with E-state index in [4.69, 9.17) is 9.84 Å². The Morgan fingerprint density at radius 2 is 2.05 bits per heavy atom. The fraction of sp³-hybridized carbons (Fsp3) is 0.583. The van der Waals surface area contributed by atoms with Gasteiger partial charge >= 0.3 is 0 Å². The highest BCUT2D eigenvalue weighted by molar-refractivity contribution is 5.79. The average Bonchev–Trinajstić information content (AvgIpc) is 3.01. The van der Waals surface area contributed by atoms with Gasteiger partial charge in [-0.15, -0.1) is 0 Å². The topological polar surface area (TPSA) is 124 Å². The van der Waals surface area contributed by atoms with E-state index < -0.39 is 24.4 Å². The third-order valence-electron chi connectivity index (χ3n) is 3.60. The Kier molecular flexibility index (Phi) is 3.38. The minimum absolute atomic E-state index is 0.365. The van der Waals surface area contributed by atoms with Gasteiger partial charge in [0.05, 0.1) is 18.0 Å². The van der Waals surface area contributed by atoms with E-state index in [1.807, 2.05) is 6.92 Å². The van der Waals surface area contributed by atoms with Gasteiger partial charge in [0.15, 0.2) is 0 Å². The van der Waals surface area contributed by atoms with E-state index in [-0.39, 0.29) is 6.61 Å². The summed E-state index contributed by atoms with van der Waals surface area (Å²) in [6, 6.07) is 0. The number of aryl methyl sites for hydroxylation is 1. The van der Waals surface area contributed by atoms with Crippen molar-refractivity contribution in [2.45, 2.75) is 37.8 Å². The lowest BCUT2D eigenvalue weighted by atomic mass is 10.1. The predicted octanol–water partition coefficient (Wildman–Crippen LogP) is -0.931. The Balaban J connectivity index is 2.03. The number of nitrogens with one attached hydrogen (secondary N) is 1. The van der Waals surface area contributed by atoms with Gasteiger partial charge in [0, 0.05) is 0 Å². The Labute approximate surface area is 114 Å². The number of H-pyrrole nitrogens is 1. The fourth-order valence-electron chi connectivity index (χ4n) is 2.49. The van der Waals surface area contributed by atoms with Crippen LogP contribution < -0.4 is 0 Å². The van der Waals surface area contributed by atoms with Crippen LogP contribution in [0.5, 0.6) is 0 Å². The molecular formula is C12H16N4O4. The van der Waals surface area contributed by atoms with Crippen molar-refractivity contribution in [2.24, 2.45) is 0 Å². The van der Waals surface area contributed by atoms with Crippen LogP contribution in [0.3, 0.4) is 0 Å². The van der Waals surface area contributed by atoms with E-state index in [0.717, 1.165) is 5.69 Å². The zero-order valence-corrected chi connectivity index (χ0v) is 10.9. The van der Waals surface area contributed by atoms with Crippen LogP contribution in [-0.4, -0.2) is 60.4 Å². The summed E-state index contributed by atoms with van der Waals surface area (Å²) >= 11 is 0. The molecule has 3 heterocycles. The van der Waals surface area contributed by atoms with Crippen molar-refractivity contribution in [2.75, 3.05) is 6.61 Å². The van der Waals surface area contributed by atoms with Gasteiger partial charge in [-0.2, -0.15) is 5.10 Å². The molecule has 1 saturated heterocycles. The number of hydrogen-bond acceptors (Lipinski definition) is 7. The molecule has 2 aromatic heterocycles. The number of aliphatic hydroxyl groups is 3. The van der Waals surface area contributed by atoms with Crippen molar-refractivity contribution in [3.05, 3.63) is 17.7 Å². The van der Waals surface area contributed by atoms with Gasteiger partial charge in [0.1, 0.15) is 41.8 Å². The SMILES string of the molecule is CCc1ncnc2c([C@@H]3O[C@H](CO)[C@@H](O)[C@H]3O)[nH]nc12. The van der Waals surface area contributed by atoms with Crippen LogP contribution in [0.4, 0.5) is 0 Å². The molecule has 1 aliphatic heterocycles. The number of aromatic nitrogens is 4. The lowest BCUT2D eigenvalue weighted by Gasteiger charge is -2.12. The Morgan fingerprint density at radius 3 is 2.70 bits per heavy atom. The molecule has 4 atom stereocenters. The second kappa shape index (κ2) is 5.06. The summed E-state index contributed by atoms with van der Waals surface area (Å²) < 4.78 is 5.48. The van der Waals surface area contributed by atoms with Gasteiger partial charge in [0.2, 0.25) is 0 Å². The summed E-state index contributed by atoms with van der Waals surface area (Å²) in [6.45, 7) is 1.60. The van der Waals surface area contributed by atoms with E-state index in [0.29, 0.717) is 23.1 Å². The van der Waals surface area contributed by atoms with Gasteiger partial charge in [-0.3, -0.25) is 5.10 Å². The molecule has 1 fully saturated rings. The van der Waals surface area contributed by atoms with Crippen LogP contribution in [0.25, 0.3) is 11.0 Å². The van der Waals surface area contributed by atoms with E-state index in [1.54, 1.807) is 0 Å². The van der Waals surface area contributed by atoms with Crippen LogP contribution in [0.15, 0.2) is 6.33 Å². The average molecular weight is 280 g/mol. The minimum Gasteiger partial charge on any atom is -0.394 e. The Bertz CT molecular complexity index is 617. The molecule has 108 valence electrons. The molecule has 2 aromatic rings. The molecule has 0 amide bonds. The summed E-state index contributed by atoms with van der Waals surface area (Å²) in [7, 11) is 0. The monoisotopic (exact) mass is 280 g/mol. The van der Waals surface area contributed by atoms with Crippen molar-refractivity contribution >= 4 is 11.0 Å². The summed E-state index contributed by atoms with van der Waals surface area (Å²) in [5.41, 5.74) is 2.47. The largest absolute Gasteiger partial charge is 0.394 e. The number of aromatic amines is 1. The second-order valence-electron chi connectivity index (χ2n) is 4.77. The predicted molar refractivity (Wildman–Crippen MR) is 67.8 cm³/mol. The molecule has 1 aliphatic rings. The van der Waals surface area contributed by atoms with Crippen LogP contribution >= 0.6 is 0 Å². The fourth-order valence-corrected chi connectivity index (χ4v) is 2.49. The summed E-state index contributed by atoms with van der Waals surface area (Å²) in [5.74, 6) is 0. The number of hydrogen-bond donors (Lipinski definition) is 4. The maximum absolute atomic E-state index is 10.0. The standard InChI is InChI=1S/C12H16N4O4/c1-2-5-7-8(14-4-13-5)9(16-15-7)12-11(19)10(18)6(3-17)20-12/h4,6,10-12,17-19H,2-3H2,1H3,(H,15,16)/t6-,10-,11-,12+/m1/s1. The lowest BCUT2D eigenvalue weighted by Crippen LogP contribution is -2.32. The number of aliphatic hydroxyl groups excluding tert-OH is 3. The molecule has 3 rings (SSSR count). The van der Waals surface area contributed by atoms with Gasteiger partial charge in [-0.1, -0.05) is 6.92 Å². The first kappa shape index (κ1) is 13.4. The number of rotatable bonds is 3. The number of nitrogens with zero attached hydrogens (tertiary/aromatic N) is 3. The molecule has 0 saturated carbocycles. The molecule has 0 unspecified atom stereocenters. The zero-order chi connectivity index (χ0) is 14.3. The molecule has 0 bridgehead atoms. The molecule has 0 spiro atoms. The number of fused-ring (bicyclic) bond motifs is 1. The second-order valence-corrected chi connectivity index (χ2v) is 4.77. The van der Waals surface area contributed by atoms with E-state index in [9.17, 15) is 10.2 Å². The van der Waals surface area contributed by atoms with Crippen molar-refractivity contribution < 1.29 is 20.1 Å². The highest BCUT2D eigenvalue weighted by atomic mass is 16.6. The van der Waals surface area contributed by atoms with Gasteiger partial charge < -0.3 is 20.1 Å². The van der Waals surface area contributed by atoms with Crippen LogP contribution in [0.1, 0.15) is 24.4 Å². The minimum atomic E-state index is -1.14. The third kappa shape index (κ3) is 1.88. The maximum atomic E-state index is 10.0. The van der Waals surface area contributed by atoms with Gasteiger partial charge in [0.25, 0.3) is 0 Å². The van der Waals surface area contributed by atoms with Crippen molar-refractivity contribution in [3.8, 4) is 0 Å². The molecular weight excluding hydrogens is 264 g/mol. The maximum Gasteiger partial charge on any atom is 0.132 e. The number of ether oxygens (including phenoxy) is 1. The van der Waals surface area contributed by atoms with E-state index in [2.05, 4.69) is 20.2 Å². The lowest BCUT2D eigenvalue weighted by molar-refractivity contribution is -0.0236. The summed E-state index contributed by atoms with van der Waals surface area (Å²) in [6.07, 6.45) is -1.76. The van der Waals surface area contributed by atoms with Crippen LogP contribution in [0, 0.1) is 0 Å². The van der Waals surface area contributed by atoms with E-state index >= 15 is 0 Å². The molecule has 8 heteroatoms. The first-order valence-electron chi connectivity index (χ1n) is 6.47. The molecule has 0 radical (unpaired) electrons. The zero-order valence-electron chi connectivity index (χ0n) is 10.9. The first-order valence-corrected chi connectivity index (χ1v) is 6.47. The van der Waals surface area contributed by atoms with Crippen molar-refractivity contribution in [1.82, 2.24) is 20.2 Å². The molecule has 0 aromatic carbocycles. The highest BCUT2D eigenvalue weighted by Crippen LogP contribution is 2.35. The molecule has 8 nitrogen and oxygen atoms in total. The summed E-state index contributed by atoms with van der Waals surface area (Å²) in [4.78, 5) is 8.31. The Morgan fingerprint density at radius 1 is 1.25 bits per heavy atom. The van der Waals surface area contributed by atoms with Gasteiger partial charge in [-0.05, 0) is 6.42 Å². The van der Waals surface area contributed by atoms with Crippen molar-refractivity contribution in [3.63, 3.8) is 0 Å². The van der Waals surface area contributed by atoms with E-state index in [1.165, 1.54) is 6.33 Å².